The van der Waals surface area contributed by atoms with Gasteiger partial charge in [-0.1, -0.05) is 48.5 Å². The van der Waals surface area contributed by atoms with Crippen molar-refractivity contribution in [3.63, 3.8) is 0 Å². The van der Waals surface area contributed by atoms with Gasteiger partial charge in [-0.2, -0.15) is 0 Å². The summed E-state index contributed by atoms with van der Waals surface area (Å²) in [6.45, 7) is 0.296. The maximum atomic E-state index is 14.3. The molecule has 31 heavy (non-hydrogen) atoms. The first-order valence-corrected chi connectivity index (χ1v) is 10.8. The van der Waals surface area contributed by atoms with E-state index < -0.39 is 0 Å². The second-order valence-electron chi connectivity index (χ2n) is 7.13. The Kier molecular flexibility index (Phi) is 6.23. The van der Waals surface area contributed by atoms with Gasteiger partial charge in [0.05, 0.1) is 12.5 Å². The third-order valence-electron chi connectivity index (χ3n) is 5.15. The molecule has 4 aromatic rings. The second kappa shape index (κ2) is 9.22. The molecule has 0 aliphatic heterocycles. The maximum Gasteiger partial charge on any atom is 0.305 e. The number of thiophene rings is 1. The van der Waals surface area contributed by atoms with E-state index >= 15 is 0 Å². The van der Waals surface area contributed by atoms with E-state index in [1.807, 2.05) is 35.7 Å². The van der Waals surface area contributed by atoms with E-state index in [2.05, 4.69) is 0 Å². The number of ether oxygens (including phenoxy) is 1. The molecule has 0 radical (unpaired) electrons. The zero-order chi connectivity index (χ0) is 21.8. The molecule has 4 rings (SSSR count). The third-order valence-corrected chi connectivity index (χ3v) is 6.03. The van der Waals surface area contributed by atoms with Gasteiger partial charge in [0, 0.05) is 30.3 Å². The van der Waals surface area contributed by atoms with Crippen LogP contribution in [-0.2, 0) is 22.5 Å². The zero-order valence-corrected chi connectivity index (χ0v) is 17.8. The number of hydrogen-bond donors (Lipinski definition) is 0. The van der Waals surface area contributed by atoms with Gasteiger partial charge < -0.3 is 4.74 Å². The quantitative estimate of drug-likeness (QED) is 0.390. The monoisotopic (exact) mass is 436 g/mol. The van der Waals surface area contributed by atoms with Crippen molar-refractivity contribution in [2.24, 2.45) is 0 Å². The molecule has 2 aromatic carbocycles. The van der Waals surface area contributed by atoms with Gasteiger partial charge >= 0.3 is 5.97 Å². The minimum atomic E-state index is -0.339. The normalized spacial score (nSPS) is 11.0. The lowest BCUT2D eigenvalue weighted by molar-refractivity contribution is -0.140. The highest BCUT2D eigenvalue weighted by Gasteiger charge is 2.18. The molecular weight excluding hydrogens is 415 g/mol. The van der Waals surface area contributed by atoms with Crippen molar-refractivity contribution in [2.75, 3.05) is 7.11 Å². The Balaban J connectivity index is 1.81. The number of methoxy groups -OCH3 is 1. The number of carbonyl (C=O) groups is 1. The largest absolute Gasteiger partial charge is 0.469 e. The lowest BCUT2D eigenvalue weighted by Crippen LogP contribution is -2.26. The highest BCUT2D eigenvalue weighted by molar-refractivity contribution is 7.17. The fraction of sp³-hybridized carbons (Fsp3) is 0.208. The van der Waals surface area contributed by atoms with Gasteiger partial charge in [0.1, 0.15) is 16.5 Å². The fourth-order valence-corrected chi connectivity index (χ4v) is 4.51. The Morgan fingerprint density at radius 3 is 2.61 bits per heavy atom. The second-order valence-corrected chi connectivity index (χ2v) is 7.99. The van der Waals surface area contributed by atoms with Crippen molar-refractivity contribution in [1.82, 2.24) is 9.55 Å². The van der Waals surface area contributed by atoms with Gasteiger partial charge in [0.25, 0.3) is 5.56 Å². The first kappa shape index (κ1) is 20.9. The average molecular weight is 437 g/mol. The topological polar surface area (TPSA) is 61.2 Å². The summed E-state index contributed by atoms with van der Waals surface area (Å²) >= 11 is 1.40. The predicted molar refractivity (Wildman–Crippen MR) is 120 cm³/mol. The van der Waals surface area contributed by atoms with Crippen LogP contribution < -0.4 is 5.56 Å². The van der Waals surface area contributed by atoms with Crippen LogP contribution in [-0.4, -0.2) is 22.6 Å². The van der Waals surface area contributed by atoms with Gasteiger partial charge in [-0.15, -0.1) is 11.3 Å². The Bertz CT molecular complexity index is 1280. The van der Waals surface area contributed by atoms with Crippen LogP contribution in [0.25, 0.3) is 21.3 Å². The molecule has 2 heterocycles. The van der Waals surface area contributed by atoms with Crippen LogP contribution in [0.4, 0.5) is 4.39 Å². The van der Waals surface area contributed by atoms with Crippen molar-refractivity contribution >= 4 is 27.5 Å². The predicted octanol–water partition coefficient (Wildman–Crippen LogP) is 4.81. The standard InChI is InChI=1S/C24H21FN2O3S/c1-30-21(28)12-7-13-27-20(14-17-10-5-6-11-19(17)25)26-23-22(24(27)29)18(15-31-23)16-8-3-2-4-9-16/h2-6,8-11,15H,7,12-14H2,1H3. The van der Waals surface area contributed by atoms with Crippen LogP contribution in [0.15, 0.2) is 64.8 Å². The summed E-state index contributed by atoms with van der Waals surface area (Å²) in [5.74, 6) is -0.193. The number of aromatic nitrogens is 2. The van der Waals surface area contributed by atoms with E-state index in [0.717, 1.165) is 11.1 Å². The molecule has 0 saturated heterocycles. The first-order chi connectivity index (χ1) is 15.1. The molecule has 0 N–H and O–H groups in total. The van der Waals surface area contributed by atoms with Crippen molar-refractivity contribution in [1.29, 1.82) is 0 Å². The summed E-state index contributed by atoms with van der Waals surface area (Å²) in [4.78, 5) is 30.4. The molecule has 0 spiro atoms. The van der Waals surface area contributed by atoms with Gasteiger partial charge in [0.2, 0.25) is 0 Å². The SMILES string of the molecule is COC(=O)CCCn1c(Cc2ccccc2F)nc2scc(-c3ccccc3)c2c1=O. The number of halogens is 1. The average Bonchev–Trinajstić information content (AvgIpc) is 3.22. The maximum absolute atomic E-state index is 14.3. The Morgan fingerprint density at radius 1 is 1.13 bits per heavy atom. The van der Waals surface area contributed by atoms with Crippen molar-refractivity contribution < 1.29 is 13.9 Å². The fourth-order valence-electron chi connectivity index (χ4n) is 3.56. The van der Waals surface area contributed by atoms with E-state index in [0.29, 0.717) is 34.6 Å². The number of esters is 1. The Morgan fingerprint density at radius 2 is 1.87 bits per heavy atom. The molecule has 2 aromatic heterocycles. The van der Waals surface area contributed by atoms with Crippen LogP contribution in [0.1, 0.15) is 24.2 Å². The first-order valence-electron chi connectivity index (χ1n) is 9.95. The smallest absolute Gasteiger partial charge is 0.305 e. The lowest BCUT2D eigenvalue weighted by Gasteiger charge is -2.13. The molecule has 5 nitrogen and oxygen atoms in total. The molecule has 7 heteroatoms. The number of nitrogens with zero attached hydrogens (tertiary/aromatic N) is 2. The third kappa shape index (κ3) is 4.41. The Hall–Kier alpha value is -3.32. The zero-order valence-electron chi connectivity index (χ0n) is 17.0. The Labute approximate surface area is 182 Å². The number of hydrogen-bond acceptors (Lipinski definition) is 5. The number of benzene rings is 2. The van der Waals surface area contributed by atoms with E-state index in [4.69, 9.17) is 9.72 Å². The van der Waals surface area contributed by atoms with Gasteiger partial charge in [-0.25, -0.2) is 9.37 Å². The number of carbonyl (C=O) groups excluding carboxylic acids is 1. The van der Waals surface area contributed by atoms with Crippen molar-refractivity contribution in [2.45, 2.75) is 25.8 Å². The van der Waals surface area contributed by atoms with E-state index in [1.165, 1.54) is 24.5 Å². The molecule has 0 saturated carbocycles. The van der Waals surface area contributed by atoms with Crippen molar-refractivity contribution in [3.05, 3.63) is 87.5 Å². The summed E-state index contributed by atoms with van der Waals surface area (Å²) in [6.07, 6.45) is 0.804. The molecule has 158 valence electrons. The molecule has 0 amide bonds. The highest BCUT2D eigenvalue weighted by Crippen LogP contribution is 2.31. The molecule has 0 aliphatic carbocycles. The van der Waals surface area contributed by atoms with Gasteiger partial charge in [-0.3, -0.25) is 14.2 Å². The lowest BCUT2D eigenvalue weighted by atomic mass is 10.1. The van der Waals surface area contributed by atoms with Crippen LogP contribution in [0.2, 0.25) is 0 Å². The van der Waals surface area contributed by atoms with Gasteiger partial charge in [0.15, 0.2) is 0 Å². The summed E-state index contributed by atoms with van der Waals surface area (Å²) < 4.78 is 20.5. The summed E-state index contributed by atoms with van der Waals surface area (Å²) in [5.41, 5.74) is 2.06. The summed E-state index contributed by atoms with van der Waals surface area (Å²) in [7, 11) is 1.34. The highest BCUT2D eigenvalue weighted by atomic mass is 32.1. The van der Waals surface area contributed by atoms with E-state index in [1.54, 1.807) is 22.8 Å². The molecule has 0 aliphatic rings. The summed E-state index contributed by atoms with van der Waals surface area (Å²) in [6, 6.07) is 16.2. The molecule has 0 atom stereocenters. The van der Waals surface area contributed by atoms with E-state index in [9.17, 15) is 14.0 Å². The van der Waals surface area contributed by atoms with Crippen LogP contribution in [0, 0.1) is 5.82 Å². The summed E-state index contributed by atoms with van der Waals surface area (Å²) in [5, 5.41) is 2.48. The number of fused-ring (bicyclic) bond motifs is 1. The number of rotatable bonds is 7. The molecule has 0 bridgehead atoms. The molecular formula is C24H21FN2O3S. The van der Waals surface area contributed by atoms with Gasteiger partial charge in [-0.05, 0) is 23.6 Å². The minimum Gasteiger partial charge on any atom is -0.469 e. The minimum absolute atomic E-state index is 0.179. The molecule has 0 unspecified atom stereocenters. The van der Waals surface area contributed by atoms with Crippen molar-refractivity contribution in [3.8, 4) is 11.1 Å². The van der Waals surface area contributed by atoms with Crippen LogP contribution >= 0.6 is 11.3 Å². The van der Waals surface area contributed by atoms with Crippen LogP contribution in [0.3, 0.4) is 0 Å². The van der Waals surface area contributed by atoms with Crippen LogP contribution in [0.5, 0.6) is 0 Å². The van der Waals surface area contributed by atoms with E-state index in [-0.39, 0.29) is 30.2 Å². The molecule has 0 fully saturated rings.